The van der Waals surface area contributed by atoms with Gasteiger partial charge in [0.15, 0.2) is 0 Å². The van der Waals surface area contributed by atoms with Crippen LogP contribution in [0.5, 0.6) is 0 Å². The Morgan fingerprint density at radius 3 is 2.74 bits per heavy atom. The maximum absolute atomic E-state index is 10.4. The van der Waals surface area contributed by atoms with E-state index in [-0.39, 0.29) is 12.6 Å². The van der Waals surface area contributed by atoms with Gasteiger partial charge in [-0.25, -0.2) is 4.98 Å². The van der Waals surface area contributed by atoms with Gasteiger partial charge in [0, 0.05) is 17.4 Å². The van der Waals surface area contributed by atoms with Gasteiger partial charge in [-0.3, -0.25) is 0 Å². The van der Waals surface area contributed by atoms with Crippen molar-refractivity contribution in [2.24, 2.45) is 0 Å². The molecule has 1 aromatic heterocycles. The smallest absolute Gasteiger partial charge is 0.132 e. The van der Waals surface area contributed by atoms with Crippen molar-refractivity contribution in [3.8, 4) is 0 Å². The zero-order valence-corrected chi connectivity index (χ0v) is 12.6. The fourth-order valence-electron chi connectivity index (χ4n) is 3.30. The standard InChI is InChI=1S/C19H18N2O2/c22-11-14-9-13-6-2-4-8-16(13)20-19(14)21-18-15-7-3-1-5-12(15)10-17(18)23/h1-9,17-18,22-23H,10-11H2,(H,20,21)/t17-,18+/m1/s1. The minimum Gasteiger partial charge on any atom is -0.392 e. The van der Waals surface area contributed by atoms with Gasteiger partial charge in [-0.15, -0.1) is 0 Å². The van der Waals surface area contributed by atoms with Gasteiger partial charge in [-0.1, -0.05) is 42.5 Å². The summed E-state index contributed by atoms with van der Waals surface area (Å²) in [4.78, 5) is 4.63. The first-order valence-corrected chi connectivity index (χ1v) is 7.78. The van der Waals surface area contributed by atoms with Crippen molar-refractivity contribution in [1.29, 1.82) is 0 Å². The molecule has 3 aromatic rings. The highest BCUT2D eigenvalue weighted by Gasteiger charge is 2.31. The van der Waals surface area contributed by atoms with Crippen LogP contribution in [-0.2, 0) is 13.0 Å². The third-order valence-electron chi connectivity index (χ3n) is 4.47. The minimum absolute atomic E-state index is 0.0926. The molecule has 0 saturated heterocycles. The van der Waals surface area contributed by atoms with Crippen molar-refractivity contribution in [2.75, 3.05) is 5.32 Å². The van der Waals surface area contributed by atoms with Crippen LogP contribution in [0, 0.1) is 0 Å². The summed E-state index contributed by atoms with van der Waals surface area (Å²) in [5.74, 6) is 0.631. The van der Waals surface area contributed by atoms with E-state index in [2.05, 4.69) is 10.3 Å². The van der Waals surface area contributed by atoms with Crippen LogP contribution in [0.15, 0.2) is 54.6 Å². The normalized spacial score (nSPS) is 19.7. The first kappa shape index (κ1) is 14.2. The number of hydrogen-bond acceptors (Lipinski definition) is 4. The Labute approximate surface area is 134 Å². The van der Waals surface area contributed by atoms with Crippen LogP contribution in [-0.4, -0.2) is 21.3 Å². The number of aliphatic hydroxyl groups is 2. The third kappa shape index (κ3) is 2.46. The summed E-state index contributed by atoms with van der Waals surface area (Å²) < 4.78 is 0. The van der Waals surface area contributed by atoms with Crippen molar-refractivity contribution < 1.29 is 10.2 Å². The molecule has 0 radical (unpaired) electrons. The van der Waals surface area contributed by atoms with Gasteiger partial charge in [0.2, 0.25) is 0 Å². The van der Waals surface area contributed by atoms with Crippen molar-refractivity contribution in [3.63, 3.8) is 0 Å². The Morgan fingerprint density at radius 2 is 1.87 bits per heavy atom. The Bertz CT molecular complexity index is 863. The van der Waals surface area contributed by atoms with Gasteiger partial charge >= 0.3 is 0 Å². The number of fused-ring (bicyclic) bond motifs is 2. The maximum atomic E-state index is 10.4. The number of pyridine rings is 1. The summed E-state index contributed by atoms with van der Waals surface area (Å²) >= 11 is 0. The average Bonchev–Trinajstić information content (AvgIpc) is 2.90. The molecule has 0 spiro atoms. The Balaban J connectivity index is 1.75. The zero-order valence-electron chi connectivity index (χ0n) is 12.6. The predicted octanol–water partition coefficient (Wildman–Crippen LogP) is 2.80. The summed E-state index contributed by atoms with van der Waals surface area (Å²) in [6, 6.07) is 17.6. The molecule has 23 heavy (non-hydrogen) atoms. The summed E-state index contributed by atoms with van der Waals surface area (Å²) in [7, 11) is 0. The molecule has 1 heterocycles. The lowest BCUT2D eigenvalue weighted by Gasteiger charge is -2.20. The molecule has 0 saturated carbocycles. The number of benzene rings is 2. The van der Waals surface area contributed by atoms with Crippen LogP contribution in [0.2, 0.25) is 0 Å². The number of rotatable bonds is 3. The van der Waals surface area contributed by atoms with Gasteiger partial charge < -0.3 is 15.5 Å². The number of anilines is 1. The van der Waals surface area contributed by atoms with E-state index in [0.29, 0.717) is 12.2 Å². The largest absolute Gasteiger partial charge is 0.392 e. The van der Waals surface area contributed by atoms with E-state index >= 15 is 0 Å². The number of aromatic nitrogens is 1. The Kier molecular flexibility index (Phi) is 3.48. The van der Waals surface area contributed by atoms with E-state index in [1.54, 1.807) is 0 Å². The van der Waals surface area contributed by atoms with Crippen molar-refractivity contribution >= 4 is 16.7 Å². The summed E-state index contributed by atoms with van der Waals surface area (Å²) in [5, 5.41) is 24.4. The molecule has 2 atom stereocenters. The first-order valence-electron chi connectivity index (χ1n) is 7.78. The summed E-state index contributed by atoms with van der Waals surface area (Å²) in [6.45, 7) is -0.0926. The van der Waals surface area contributed by atoms with Crippen LogP contribution < -0.4 is 5.32 Å². The van der Waals surface area contributed by atoms with E-state index < -0.39 is 6.10 Å². The Morgan fingerprint density at radius 1 is 1.09 bits per heavy atom. The molecule has 0 fully saturated rings. The van der Waals surface area contributed by atoms with Gasteiger partial charge in [0.25, 0.3) is 0 Å². The monoisotopic (exact) mass is 306 g/mol. The lowest BCUT2D eigenvalue weighted by Crippen LogP contribution is -2.22. The van der Waals surface area contributed by atoms with Crippen LogP contribution in [0.3, 0.4) is 0 Å². The quantitative estimate of drug-likeness (QED) is 0.696. The highest BCUT2D eigenvalue weighted by molar-refractivity contribution is 5.81. The van der Waals surface area contributed by atoms with Crippen LogP contribution >= 0.6 is 0 Å². The molecule has 4 rings (SSSR count). The molecular weight excluding hydrogens is 288 g/mol. The SMILES string of the molecule is OCc1cc2ccccc2nc1N[C@H]1c2ccccc2C[C@H]1O. The van der Waals surface area contributed by atoms with E-state index in [9.17, 15) is 10.2 Å². The van der Waals surface area contributed by atoms with Crippen molar-refractivity contribution in [3.05, 3.63) is 71.3 Å². The topological polar surface area (TPSA) is 65.4 Å². The number of hydrogen-bond donors (Lipinski definition) is 3. The molecule has 4 nitrogen and oxygen atoms in total. The Hall–Kier alpha value is -2.43. The molecule has 2 aromatic carbocycles. The molecule has 1 aliphatic carbocycles. The number of nitrogens with zero attached hydrogens (tertiary/aromatic N) is 1. The lowest BCUT2D eigenvalue weighted by atomic mass is 10.1. The fourth-order valence-corrected chi connectivity index (χ4v) is 3.30. The molecule has 0 bridgehead atoms. The van der Waals surface area contributed by atoms with E-state index in [0.717, 1.165) is 27.6 Å². The molecular formula is C19H18N2O2. The molecule has 0 aliphatic heterocycles. The van der Waals surface area contributed by atoms with Gasteiger partial charge in [-0.2, -0.15) is 0 Å². The van der Waals surface area contributed by atoms with Crippen LogP contribution in [0.25, 0.3) is 10.9 Å². The predicted molar refractivity (Wildman–Crippen MR) is 90.2 cm³/mol. The van der Waals surface area contributed by atoms with Gasteiger partial charge in [-0.05, 0) is 23.3 Å². The number of nitrogens with one attached hydrogen (secondary N) is 1. The number of para-hydroxylation sites is 1. The second kappa shape index (κ2) is 5.65. The molecule has 0 unspecified atom stereocenters. The summed E-state index contributed by atoms with van der Waals surface area (Å²) in [5.41, 5.74) is 3.86. The molecule has 3 N–H and O–H groups in total. The van der Waals surface area contributed by atoms with E-state index in [1.165, 1.54) is 0 Å². The van der Waals surface area contributed by atoms with Gasteiger partial charge in [0.05, 0.1) is 24.3 Å². The van der Waals surface area contributed by atoms with Crippen molar-refractivity contribution in [1.82, 2.24) is 4.98 Å². The molecule has 4 heteroatoms. The van der Waals surface area contributed by atoms with Crippen LogP contribution in [0.4, 0.5) is 5.82 Å². The minimum atomic E-state index is -0.493. The third-order valence-corrected chi connectivity index (χ3v) is 4.47. The van der Waals surface area contributed by atoms with Gasteiger partial charge in [0.1, 0.15) is 5.82 Å². The second-order valence-electron chi connectivity index (χ2n) is 5.94. The lowest BCUT2D eigenvalue weighted by molar-refractivity contribution is 0.165. The summed E-state index contributed by atoms with van der Waals surface area (Å²) in [6.07, 6.45) is 0.141. The molecule has 116 valence electrons. The molecule has 0 amide bonds. The highest BCUT2D eigenvalue weighted by Crippen LogP contribution is 2.35. The van der Waals surface area contributed by atoms with E-state index in [4.69, 9.17) is 0 Å². The number of aliphatic hydroxyl groups excluding tert-OH is 2. The van der Waals surface area contributed by atoms with E-state index in [1.807, 2.05) is 54.6 Å². The van der Waals surface area contributed by atoms with Crippen LogP contribution in [0.1, 0.15) is 22.7 Å². The highest BCUT2D eigenvalue weighted by atomic mass is 16.3. The first-order chi connectivity index (χ1) is 11.3. The average molecular weight is 306 g/mol. The van der Waals surface area contributed by atoms with Crippen molar-refractivity contribution in [2.45, 2.75) is 25.2 Å². The molecule has 1 aliphatic rings. The second-order valence-corrected chi connectivity index (χ2v) is 5.94. The zero-order chi connectivity index (χ0) is 15.8. The fraction of sp³-hybridized carbons (Fsp3) is 0.211. The maximum Gasteiger partial charge on any atom is 0.132 e.